The third kappa shape index (κ3) is 4.33. The van der Waals surface area contributed by atoms with Crippen LogP contribution in [0.3, 0.4) is 0 Å². The lowest BCUT2D eigenvalue weighted by Crippen LogP contribution is -2.29. The standard InChI is InChI=1S/C25H30N2O2/c1-28-24-18-23-21(11-14-26-23)22(25(24)29-2)10-6-7-15-27-16-12-20(13-17-27)19-8-4-3-5-9-19/h3-5,8-9,11-12,14,18,26H,6-7,10,13,15-17H2,1-2H3. The van der Waals surface area contributed by atoms with Crippen molar-refractivity contribution in [1.82, 2.24) is 9.88 Å². The highest BCUT2D eigenvalue weighted by molar-refractivity contribution is 5.87. The maximum Gasteiger partial charge on any atom is 0.164 e. The van der Waals surface area contributed by atoms with E-state index in [4.69, 9.17) is 9.47 Å². The van der Waals surface area contributed by atoms with Gasteiger partial charge in [0.15, 0.2) is 11.5 Å². The van der Waals surface area contributed by atoms with Crippen LogP contribution >= 0.6 is 0 Å². The molecule has 0 bridgehead atoms. The third-order valence-corrected chi connectivity index (χ3v) is 5.89. The molecule has 0 saturated carbocycles. The van der Waals surface area contributed by atoms with Crippen molar-refractivity contribution in [3.8, 4) is 11.5 Å². The number of rotatable bonds is 8. The van der Waals surface area contributed by atoms with Crippen molar-refractivity contribution in [1.29, 1.82) is 0 Å². The lowest BCUT2D eigenvalue weighted by molar-refractivity contribution is 0.295. The molecule has 0 fully saturated rings. The van der Waals surface area contributed by atoms with E-state index in [1.807, 2.05) is 12.3 Å². The summed E-state index contributed by atoms with van der Waals surface area (Å²) in [6, 6.07) is 14.9. The summed E-state index contributed by atoms with van der Waals surface area (Å²) in [5.41, 5.74) is 5.20. The van der Waals surface area contributed by atoms with E-state index in [1.165, 1.54) is 28.5 Å². The monoisotopic (exact) mass is 390 g/mol. The number of ether oxygens (including phenoxy) is 2. The molecule has 3 aromatic rings. The van der Waals surface area contributed by atoms with Gasteiger partial charge in [-0.2, -0.15) is 0 Å². The molecule has 1 N–H and O–H groups in total. The number of fused-ring (bicyclic) bond motifs is 1. The molecule has 0 amide bonds. The molecular weight excluding hydrogens is 360 g/mol. The number of benzene rings is 2. The number of aromatic amines is 1. The normalized spacial score (nSPS) is 14.8. The highest BCUT2D eigenvalue weighted by Gasteiger charge is 2.16. The zero-order chi connectivity index (χ0) is 20.1. The Morgan fingerprint density at radius 3 is 2.62 bits per heavy atom. The van der Waals surface area contributed by atoms with Gasteiger partial charge in [0.2, 0.25) is 0 Å². The lowest BCUT2D eigenvalue weighted by atomic mass is 9.99. The molecule has 0 saturated heterocycles. The lowest BCUT2D eigenvalue weighted by Gasteiger charge is -2.26. The van der Waals surface area contributed by atoms with Crippen molar-refractivity contribution in [3.63, 3.8) is 0 Å². The van der Waals surface area contributed by atoms with Crippen LogP contribution in [0.25, 0.3) is 16.5 Å². The second kappa shape index (κ2) is 9.19. The van der Waals surface area contributed by atoms with Gasteiger partial charge < -0.3 is 14.5 Å². The molecule has 0 spiro atoms. The number of methoxy groups -OCH3 is 2. The number of hydrogen-bond donors (Lipinski definition) is 1. The van der Waals surface area contributed by atoms with Crippen molar-refractivity contribution >= 4 is 16.5 Å². The minimum atomic E-state index is 0.798. The molecule has 2 heterocycles. The van der Waals surface area contributed by atoms with Crippen molar-refractivity contribution in [2.75, 3.05) is 33.9 Å². The van der Waals surface area contributed by atoms with E-state index in [1.54, 1.807) is 14.2 Å². The molecule has 1 aliphatic heterocycles. The first-order valence-corrected chi connectivity index (χ1v) is 10.5. The van der Waals surface area contributed by atoms with Gasteiger partial charge in [0, 0.05) is 41.8 Å². The quantitative estimate of drug-likeness (QED) is 0.531. The molecular formula is C25H30N2O2. The van der Waals surface area contributed by atoms with Gasteiger partial charge in [-0.25, -0.2) is 0 Å². The van der Waals surface area contributed by atoms with E-state index >= 15 is 0 Å². The Morgan fingerprint density at radius 2 is 1.90 bits per heavy atom. The summed E-state index contributed by atoms with van der Waals surface area (Å²) in [6.45, 7) is 3.33. The highest BCUT2D eigenvalue weighted by Crippen LogP contribution is 2.38. The van der Waals surface area contributed by atoms with Crippen LogP contribution < -0.4 is 9.47 Å². The number of nitrogens with one attached hydrogen (secondary N) is 1. The SMILES string of the molecule is COc1cc2[nH]ccc2c(CCCCN2CC=C(c3ccccc3)CC2)c1OC. The van der Waals surface area contributed by atoms with Gasteiger partial charge in [-0.05, 0) is 49.4 Å². The van der Waals surface area contributed by atoms with Gasteiger partial charge in [-0.1, -0.05) is 36.4 Å². The number of H-pyrrole nitrogens is 1. The van der Waals surface area contributed by atoms with Crippen molar-refractivity contribution in [3.05, 3.63) is 65.9 Å². The Kier molecular flexibility index (Phi) is 6.20. The molecule has 0 radical (unpaired) electrons. The molecule has 4 heteroatoms. The second-order valence-electron chi connectivity index (χ2n) is 7.63. The number of aromatic nitrogens is 1. The van der Waals surface area contributed by atoms with E-state index in [-0.39, 0.29) is 0 Å². The minimum Gasteiger partial charge on any atom is -0.493 e. The Balaban J connectivity index is 1.34. The minimum absolute atomic E-state index is 0.798. The molecule has 1 aromatic heterocycles. The largest absolute Gasteiger partial charge is 0.493 e. The predicted molar refractivity (Wildman–Crippen MR) is 120 cm³/mol. The van der Waals surface area contributed by atoms with Crippen molar-refractivity contribution < 1.29 is 9.47 Å². The van der Waals surface area contributed by atoms with Gasteiger partial charge in [-0.3, -0.25) is 4.90 Å². The molecule has 0 aliphatic carbocycles. The van der Waals surface area contributed by atoms with Crippen LogP contribution in [0.2, 0.25) is 0 Å². The topological polar surface area (TPSA) is 37.5 Å². The summed E-state index contributed by atoms with van der Waals surface area (Å²) in [6.07, 6.45) is 8.83. The van der Waals surface area contributed by atoms with Crippen LogP contribution in [0.5, 0.6) is 11.5 Å². The highest BCUT2D eigenvalue weighted by atomic mass is 16.5. The van der Waals surface area contributed by atoms with Crippen LogP contribution in [0.4, 0.5) is 0 Å². The second-order valence-corrected chi connectivity index (χ2v) is 7.63. The van der Waals surface area contributed by atoms with Crippen molar-refractivity contribution in [2.24, 2.45) is 0 Å². The Morgan fingerprint density at radius 1 is 1.03 bits per heavy atom. The van der Waals surface area contributed by atoms with Crippen LogP contribution in [-0.2, 0) is 6.42 Å². The van der Waals surface area contributed by atoms with E-state index in [2.05, 4.69) is 52.4 Å². The number of hydrogen-bond acceptors (Lipinski definition) is 3. The smallest absolute Gasteiger partial charge is 0.164 e. The van der Waals surface area contributed by atoms with E-state index < -0.39 is 0 Å². The van der Waals surface area contributed by atoms with Crippen LogP contribution in [-0.4, -0.2) is 43.7 Å². The van der Waals surface area contributed by atoms with Crippen LogP contribution in [0, 0.1) is 0 Å². The summed E-state index contributed by atoms with van der Waals surface area (Å²) in [5, 5.41) is 1.23. The Hall–Kier alpha value is -2.72. The van der Waals surface area contributed by atoms with Gasteiger partial charge in [0.1, 0.15) is 0 Å². The van der Waals surface area contributed by atoms with E-state index in [9.17, 15) is 0 Å². The summed E-state index contributed by atoms with van der Waals surface area (Å²) >= 11 is 0. The Labute approximate surface area is 173 Å². The Bertz CT molecular complexity index is 975. The molecule has 0 unspecified atom stereocenters. The fourth-order valence-corrected chi connectivity index (χ4v) is 4.32. The van der Waals surface area contributed by atoms with Crippen LogP contribution in [0.1, 0.15) is 30.4 Å². The molecule has 2 aromatic carbocycles. The van der Waals surface area contributed by atoms with Crippen molar-refractivity contribution in [2.45, 2.75) is 25.7 Å². The predicted octanol–water partition coefficient (Wildman–Crippen LogP) is 5.30. The maximum absolute atomic E-state index is 5.69. The fourth-order valence-electron chi connectivity index (χ4n) is 4.32. The summed E-state index contributed by atoms with van der Waals surface area (Å²) in [7, 11) is 3.42. The molecule has 152 valence electrons. The first-order valence-electron chi connectivity index (χ1n) is 10.5. The van der Waals surface area contributed by atoms with E-state index in [0.29, 0.717) is 0 Å². The molecule has 4 rings (SSSR count). The first-order chi connectivity index (χ1) is 14.3. The zero-order valence-electron chi connectivity index (χ0n) is 17.4. The van der Waals surface area contributed by atoms with Crippen LogP contribution in [0.15, 0.2) is 54.7 Å². The zero-order valence-corrected chi connectivity index (χ0v) is 17.4. The van der Waals surface area contributed by atoms with Gasteiger partial charge in [-0.15, -0.1) is 0 Å². The average molecular weight is 391 g/mol. The van der Waals surface area contributed by atoms with Gasteiger partial charge in [0.05, 0.1) is 14.2 Å². The number of nitrogens with zero attached hydrogens (tertiary/aromatic N) is 1. The third-order valence-electron chi connectivity index (χ3n) is 5.89. The average Bonchev–Trinajstić information content (AvgIpc) is 3.25. The molecule has 1 aliphatic rings. The number of unbranched alkanes of at least 4 members (excludes halogenated alkanes) is 1. The maximum atomic E-state index is 5.69. The summed E-state index contributed by atoms with van der Waals surface area (Å²) in [5.74, 6) is 1.67. The first kappa shape index (κ1) is 19.6. The molecule has 0 atom stereocenters. The van der Waals surface area contributed by atoms with Gasteiger partial charge >= 0.3 is 0 Å². The summed E-state index contributed by atoms with van der Waals surface area (Å²) in [4.78, 5) is 5.85. The molecule has 4 nitrogen and oxygen atoms in total. The number of aryl methyl sites for hydroxylation is 1. The summed E-state index contributed by atoms with van der Waals surface area (Å²) < 4.78 is 11.2. The molecule has 29 heavy (non-hydrogen) atoms. The fraction of sp³-hybridized carbons (Fsp3) is 0.360. The van der Waals surface area contributed by atoms with Gasteiger partial charge in [0.25, 0.3) is 0 Å². The van der Waals surface area contributed by atoms with E-state index in [0.717, 1.165) is 55.9 Å².